The number of benzene rings is 2. The molecule has 0 aromatic heterocycles. The van der Waals surface area contributed by atoms with Crippen LogP contribution in [0.1, 0.15) is 11.1 Å². The Kier molecular flexibility index (Phi) is 3.97. The van der Waals surface area contributed by atoms with Gasteiger partial charge in [-0.05, 0) is 36.2 Å². The normalized spacial score (nSPS) is 15.2. The molecule has 1 amide bonds. The Morgan fingerprint density at radius 2 is 1.88 bits per heavy atom. The molecule has 2 aliphatic rings. The van der Waals surface area contributed by atoms with Crippen LogP contribution in [-0.2, 0) is 21.4 Å². The van der Waals surface area contributed by atoms with Crippen molar-refractivity contribution in [2.75, 3.05) is 18.7 Å². The molecule has 0 unspecified atom stereocenters. The molecule has 0 bridgehead atoms. The molecule has 2 aromatic carbocycles. The van der Waals surface area contributed by atoms with Gasteiger partial charge in [-0.15, -0.1) is 0 Å². The van der Waals surface area contributed by atoms with E-state index < -0.39 is 10.0 Å². The number of rotatable bonds is 4. The van der Waals surface area contributed by atoms with Crippen LogP contribution in [0.5, 0.6) is 17.2 Å². The van der Waals surface area contributed by atoms with E-state index in [0.29, 0.717) is 28.5 Å². The highest BCUT2D eigenvalue weighted by Gasteiger charge is 2.23. The molecule has 0 atom stereocenters. The van der Waals surface area contributed by atoms with E-state index in [1.807, 2.05) is 0 Å². The highest BCUT2D eigenvalue weighted by atomic mass is 32.2. The van der Waals surface area contributed by atoms with Crippen LogP contribution in [0, 0.1) is 6.92 Å². The number of aryl methyl sites for hydroxylation is 1. The number of ether oxygens (including phenoxy) is 3. The maximum Gasteiger partial charge on any atom is 0.262 e. The predicted molar refractivity (Wildman–Crippen MR) is 91.9 cm³/mol. The molecule has 26 heavy (non-hydrogen) atoms. The number of carbonyl (C=O) groups is 1. The fraction of sp³-hybridized carbons (Fsp3) is 0.235. The smallest absolute Gasteiger partial charge is 0.262 e. The third-order valence-corrected chi connectivity index (χ3v) is 5.65. The quantitative estimate of drug-likeness (QED) is 0.839. The fourth-order valence-electron chi connectivity index (χ4n) is 2.81. The Morgan fingerprint density at radius 1 is 1.08 bits per heavy atom. The van der Waals surface area contributed by atoms with Gasteiger partial charge in [0, 0.05) is 12.6 Å². The summed E-state index contributed by atoms with van der Waals surface area (Å²) in [5, 5.41) is 2.66. The van der Waals surface area contributed by atoms with Crippen molar-refractivity contribution in [2.45, 2.75) is 18.4 Å². The van der Waals surface area contributed by atoms with Gasteiger partial charge in [0.15, 0.2) is 18.1 Å². The van der Waals surface area contributed by atoms with Crippen molar-refractivity contribution in [2.24, 2.45) is 0 Å². The van der Waals surface area contributed by atoms with Gasteiger partial charge in [-0.25, -0.2) is 13.1 Å². The number of hydrogen-bond donors (Lipinski definition) is 2. The van der Waals surface area contributed by atoms with Gasteiger partial charge < -0.3 is 19.5 Å². The van der Waals surface area contributed by atoms with Crippen molar-refractivity contribution in [1.29, 1.82) is 0 Å². The molecule has 2 heterocycles. The first-order valence-corrected chi connectivity index (χ1v) is 9.36. The van der Waals surface area contributed by atoms with Crippen LogP contribution >= 0.6 is 0 Å². The number of nitrogens with one attached hydrogen (secondary N) is 2. The number of hydrogen-bond acceptors (Lipinski definition) is 6. The van der Waals surface area contributed by atoms with E-state index in [9.17, 15) is 13.2 Å². The number of fused-ring (bicyclic) bond motifs is 2. The van der Waals surface area contributed by atoms with E-state index in [2.05, 4.69) is 10.0 Å². The maximum absolute atomic E-state index is 12.7. The minimum Gasteiger partial charge on any atom is -0.482 e. The highest BCUT2D eigenvalue weighted by molar-refractivity contribution is 7.89. The first kappa shape index (κ1) is 16.7. The van der Waals surface area contributed by atoms with Crippen LogP contribution in [0.4, 0.5) is 5.69 Å². The average Bonchev–Trinajstić information content (AvgIpc) is 3.07. The van der Waals surface area contributed by atoms with Gasteiger partial charge in [0.1, 0.15) is 5.75 Å². The van der Waals surface area contributed by atoms with E-state index in [4.69, 9.17) is 14.2 Å². The number of anilines is 1. The standard InChI is InChI=1S/C17H16N2O6S/c1-10-4-12-14(23-8-17(20)19-12)6-16(10)26(21,22)18-7-11-2-3-13-15(5-11)25-9-24-13/h2-6,18H,7-9H2,1H3,(H,19,20). The summed E-state index contributed by atoms with van der Waals surface area (Å²) in [4.78, 5) is 11.5. The van der Waals surface area contributed by atoms with E-state index in [0.717, 1.165) is 5.56 Å². The molecule has 2 N–H and O–H groups in total. The molecule has 0 spiro atoms. The Balaban J connectivity index is 1.56. The van der Waals surface area contributed by atoms with Crippen LogP contribution in [0.2, 0.25) is 0 Å². The molecule has 136 valence electrons. The summed E-state index contributed by atoms with van der Waals surface area (Å²) >= 11 is 0. The van der Waals surface area contributed by atoms with Gasteiger partial charge in [0.2, 0.25) is 16.8 Å². The first-order chi connectivity index (χ1) is 12.4. The summed E-state index contributed by atoms with van der Waals surface area (Å²) in [7, 11) is -3.76. The molecule has 2 aliphatic heterocycles. The third-order valence-electron chi connectivity index (χ3n) is 4.10. The van der Waals surface area contributed by atoms with Crippen molar-refractivity contribution in [1.82, 2.24) is 4.72 Å². The zero-order valence-corrected chi connectivity index (χ0v) is 14.7. The van der Waals surface area contributed by atoms with Crippen LogP contribution in [-0.4, -0.2) is 27.7 Å². The lowest BCUT2D eigenvalue weighted by molar-refractivity contribution is -0.118. The van der Waals surface area contributed by atoms with Crippen molar-refractivity contribution in [3.8, 4) is 17.2 Å². The van der Waals surface area contributed by atoms with E-state index in [1.165, 1.54) is 6.07 Å². The van der Waals surface area contributed by atoms with Crippen LogP contribution in [0.3, 0.4) is 0 Å². The highest BCUT2D eigenvalue weighted by Crippen LogP contribution is 2.34. The minimum atomic E-state index is -3.76. The van der Waals surface area contributed by atoms with E-state index in [1.54, 1.807) is 31.2 Å². The van der Waals surface area contributed by atoms with Crippen LogP contribution in [0.15, 0.2) is 35.2 Å². The Bertz CT molecular complexity index is 1000. The van der Waals surface area contributed by atoms with Crippen LogP contribution in [0.25, 0.3) is 0 Å². The second-order valence-electron chi connectivity index (χ2n) is 5.96. The molecular weight excluding hydrogens is 360 g/mol. The van der Waals surface area contributed by atoms with Crippen molar-refractivity contribution in [3.63, 3.8) is 0 Å². The molecule has 8 nitrogen and oxygen atoms in total. The van der Waals surface area contributed by atoms with E-state index >= 15 is 0 Å². The van der Waals surface area contributed by atoms with Gasteiger partial charge in [0.25, 0.3) is 5.91 Å². The van der Waals surface area contributed by atoms with E-state index in [-0.39, 0.29) is 30.7 Å². The van der Waals surface area contributed by atoms with Crippen molar-refractivity contribution in [3.05, 3.63) is 41.5 Å². The zero-order valence-electron chi connectivity index (χ0n) is 13.9. The Labute approximate surface area is 150 Å². The van der Waals surface area contributed by atoms with Gasteiger partial charge in [-0.3, -0.25) is 4.79 Å². The summed E-state index contributed by atoms with van der Waals surface area (Å²) in [5.74, 6) is 1.30. The number of carbonyl (C=O) groups excluding carboxylic acids is 1. The molecule has 0 radical (unpaired) electrons. The Morgan fingerprint density at radius 3 is 2.73 bits per heavy atom. The SMILES string of the molecule is Cc1cc2c(cc1S(=O)(=O)NCc1ccc3c(c1)OCO3)OCC(=O)N2. The molecule has 9 heteroatoms. The second-order valence-corrected chi connectivity index (χ2v) is 7.70. The summed E-state index contributed by atoms with van der Waals surface area (Å²) < 4.78 is 43.8. The molecule has 2 aromatic rings. The average molecular weight is 376 g/mol. The van der Waals surface area contributed by atoms with Gasteiger partial charge in [0.05, 0.1) is 10.6 Å². The topological polar surface area (TPSA) is 103 Å². The lowest BCUT2D eigenvalue weighted by Gasteiger charge is -2.20. The van der Waals surface area contributed by atoms with Crippen LogP contribution < -0.4 is 24.2 Å². The maximum atomic E-state index is 12.7. The molecule has 0 fully saturated rings. The molecule has 4 rings (SSSR count). The largest absolute Gasteiger partial charge is 0.482 e. The lowest BCUT2D eigenvalue weighted by Crippen LogP contribution is -2.27. The lowest BCUT2D eigenvalue weighted by atomic mass is 10.2. The molecule has 0 saturated carbocycles. The molecular formula is C17H16N2O6S. The first-order valence-electron chi connectivity index (χ1n) is 7.88. The fourth-order valence-corrected chi connectivity index (χ4v) is 4.07. The second kappa shape index (κ2) is 6.19. The van der Waals surface area contributed by atoms with Crippen molar-refractivity contribution >= 4 is 21.6 Å². The summed E-state index contributed by atoms with van der Waals surface area (Å²) in [6.07, 6.45) is 0. The monoisotopic (exact) mass is 376 g/mol. The van der Waals surface area contributed by atoms with Gasteiger partial charge in [-0.2, -0.15) is 0 Å². The Hall–Kier alpha value is -2.78. The predicted octanol–water partition coefficient (Wildman–Crippen LogP) is 1.53. The molecule has 0 saturated heterocycles. The number of amides is 1. The zero-order chi connectivity index (χ0) is 18.3. The minimum absolute atomic E-state index is 0.104. The van der Waals surface area contributed by atoms with Gasteiger partial charge >= 0.3 is 0 Å². The summed E-state index contributed by atoms with van der Waals surface area (Å²) in [5.41, 5.74) is 1.72. The molecule has 0 aliphatic carbocycles. The number of sulfonamides is 1. The third kappa shape index (κ3) is 3.06. The summed E-state index contributed by atoms with van der Waals surface area (Å²) in [6, 6.07) is 8.26. The van der Waals surface area contributed by atoms with Crippen molar-refractivity contribution < 1.29 is 27.4 Å². The summed E-state index contributed by atoms with van der Waals surface area (Å²) in [6.45, 7) is 1.79. The van der Waals surface area contributed by atoms with Gasteiger partial charge in [-0.1, -0.05) is 6.07 Å².